The summed E-state index contributed by atoms with van der Waals surface area (Å²) in [5.74, 6) is -0.726. The lowest BCUT2D eigenvalue weighted by molar-refractivity contribution is -0.125. The van der Waals surface area contributed by atoms with Crippen molar-refractivity contribution >= 4 is 22.6 Å². The van der Waals surface area contributed by atoms with Gasteiger partial charge in [-0.15, -0.1) is 0 Å². The van der Waals surface area contributed by atoms with E-state index in [0.717, 1.165) is 23.9 Å². The Morgan fingerprint density at radius 2 is 1.96 bits per heavy atom. The van der Waals surface area contributed by atoms with E-state index in [9.17, 15) is 14.4 Å². The first-order valence-corrected chi connectivity index (χ1v) is 9.58. The first-order valence-electron chi connectivity index (χ1n) is 9.58. The van der Waals surface area contributed by atoms with Crippen molar-refractivity contribution in [1.29, 1.82) is 0 Å². The minimum atomic E-state index is -0.783. The molecule has 0 saturated heterocycles. The maximum Gasteiger partial charge on any atom is 0.359 e. The number of nitrogens with one attached hydrogen (secondary N) is 1. The SMILES string of the molecule is C[C@H]1CCCC[C@@H]1NC(=O)COC(=O)c1nn(CCO)c(=O)c2ccccc12. The van der Waals surface area contributed by atoms with Crippen LogP contribution in [0.2, 0.25) is 0 Å². The third-order valence-electron chi connectivity index (χ3n) is 5.17. The van der Waals surface area contributed by atoms with Crippen LogP contribution in [0.5, 0.6) is 0 Å². The molecule has 2 N–H and O–H groups in total. The molecule has 150 valence electrons. The predicted octanol–water partition coefficient (Wildman–Crippen LogP) is 1.24. The average molecular weight is 387 g/mol. The van der Waals surface area contributed by atoms with Gasteiger partial charge in [-0.3, -0.25) is 9.59 Å². The number of aliphatic hydroxyl groups is 1. The van der Waals surface area contributed by atoms with Crippen LogP contribution in [0, 0.1) is 5.92 Å². The number of benzene rings is 1. The number of ether oxygens (including phenoxy) is 1. The van der Waals surface area contributed by atoms with E-state index >= 15 is 0 Å². The largest absolute Gasteiger partial charge is 0.451 e. The number of nitrogens with zero attached hydrogens (tertiary/aromatic N) is 2. The molecule has 28 heavy (non-hydrogen) atoms. The summed E-state index contributed by atoms with van der Waals surface area (Å²) in [5.41, 5.74) is -0.451. The molecule has 1 heterocycles. The number of aliphatic hydroxyl groups excluding tert-OH is 1. The van der Waals surface area contributed by atoms with Crippen molar-refractivity contribution in [3.63, 3.8) is 0 Å². The second-order valence-corrected chi connectivity index (χ2v) is 7.16. The van der Waals surface area contributed by atoms with Crippen molar-refractivity contribution in [2.75, 3.05) is 13.2 Å². The molecular formula is C20H25N3O5. The summed E-state index contributed by atoms with van der Waals surface area (Å²) in [4.78, 5) is 37.1. The van der Waals surface area contributed by atoms with Crippen LogP contribution < -0.4 is 10.9 Å². The Morgan fingerprint density at radius 1 is 1.25 bits per heavy atom. The van der Waals surface area contributed by atoms with Gasteiger partial charge in [-0.25, -0.2) is 9.48 Å². The Balaban J connectivity index is 1.73. The van der Waals surface area contributed by atoms with Gasteiger partial charge in [0.1, 0.15) is 0 Å². The number of hydrogen-bond donors (Lipinski definition) is 2. The second-order valence-electron chi connectivity index (χ2n) is 7.16. The minimum Gasteiger partial charge on any atom is -0.451 e. The van der Waals surface area contributed by atoms with Crippen LogP contribution in [0.25, 0.3) is 10.8 Å². The van der Waals surface area contributed by atoms with Gasteiger partial charge in [0.25, 0.3) is 11.5 Å². The van der Waals surface area contributed by atoms with E-state index in [0.29, 0.717) is 16.7 Å². The molecule has 0 radical (unpaired) electrons. The summed E-state index contributed by atoms with van der Waals surface area (Å²) >= 11 is 0. The van der Waals surface area contributed by atoms with Gasteiger partial charge in [0, 0.05) is 11.4 Å². The molecule has 3 rings (SSSR count). The zero-order chi connectivity index (χ0) is 20.1. The molecule has 2 aromatic rings. The van der Waals surface area contributed by atoms with Gasteiger partial charge in [0.15, 0.2) is 12.3 Å². The lowest BCUT2D eigenvalue weighted by Gasteiger charge is -2.29. The van der Waals surface area contributed by atoms with Crippen molar-refractivity contribution in [1.82, 2.24) is 15.1 Å². The maximum absolute atomic E-state index is 12.5. The highest BCUT2D eigenvalue weighted by Crippen LogP contribution is 2.23. The highest BCUT2D eigenvalue weighted by molar-refractivity contribution is 6.02. The lowest BCUT2D eigenvalue weighted by Crippen LogP contribution is -2.43. The van der Waals surface area contributed by atoms with Crippen LogP contribution in [0.1, 0.15) is 43.1 Å². The third kappa shape index (κ3) is 4.39. The Hall–Kier alpha value is -2.74. The molecule has 8 heteroatoms. The first-order chi connectivity index (χ1) is 13.5. The van der Waals surface area contributed by atoms with E-state index < -0.39 is 18.1 Å². The number of carbonyl (C=O) groups excluding carboxylic acids is 2. The number of amides is 1. The molecule has 8 nitrogen and oxygen atoms in total. The Labute approximate surface area is 162 Å². The summed E-state index contributed by atoms with van der Waals surface area (Å²) in [5, 5.41) is 16.8. The molecule has 0 unspecified atom stereocenters. The zero-order valence-electron chi connectivity index (χ0n) is 15.9. The van der Waals surface area contributed by atoms with E-state index in [-0.39, 0.29) is 30.8 Å². The number of rotatable bonds is 6. The molecule has 1 saturated carbocycles. The molecule has 1 aromatic heterocycles. The monoisotopic (exact) mass is 387 g/mol. The van der Waals surface area contributed by atoms with E-state index in [2.05, 4.69) is 17.3 Å². The molecule has 1 aliphatic rings. The Kier molecular flexibility index (Phi) is 6.41. The summed E-state index contributed by atoms with van der Waals surface area (Å²) < 4.78 is 6.19. The van der Waals surface area contributed by atoms with Crippen molar-refractivity contribution in [2.45, 2.75) is 45.2 Å². The summed E-state index contributed by atoms with van der Waals surface area (Å²) in [6.45, 7) is 1.37. The van der Waals surface area contributed by atoms with E-state index in [4.69, 9.17) is 9.84 Å². The van der Waals surface area contributed by atoms with Gasteiger partial charge in [0.05, 0.1) is 18.5 Å². The van der Waals surface area contributed by atoms with Crippen LogP contribution >= 0.6 is 0 Å². The second kappa shape index (κ2) is 8.97. The number of fused-ring (bicyclic) bond motifs is 1. The maximum atomic E-state index is 12.5. The number of esters is 1. The van der Waals surface area contributed by atoms with Gasteiger partial charge in [0.2, 0.25) is 0 Å². The fourth-order valence-corrected chi connectivity index (χ4v) is 3.61. The smallest absolute Gasteiger partial charge is 0.359 e. The number of aromatic nitrogens is 2. The van der Waals surface area contributed by atoms with Gasteiger partial charge in [-0.2, -0.15) is 5.10 Å². The molecule has 2 atom stereocenters. The zero-order valence-corrected chi connectivity index (χ0v) is 15.9. The Morgan fingerprint density at radius 3 is 2.68 bits per heavy atom. The van der Waals surface area contributed by atoms with Crippen LogP contribution in [0.3, 0.4) is 0 Å². The van der Waals surface area contributed by atoms with E-state index in [1.807, 2.05) is 0 Å². The number of hydrogen-bond acceptors (Lipinski definition) is 6. The van der Waals surface area contributed by atoms with Gasteiger partial charge in [-0.1, -0.05) is 38.0 Å². The molecule has 1 amide bonds. The topological polar surface area (TPSA) is 111 Å². The van der Waals surface area contributed by atoms with E-state index in [1.54, 1.807) is 24.3 Å². The molecular weight excluding hydrogens is 362 g/mol. The molecule has 0 spiro atoms. The summed E-state index contributed by atoms with van der Waals surface area (Å²) in [7, 11) is 0. The summed E-state index contributed by atoms with van der Waals surface area (Å²) in [6, 6.07) is 6.66. The van der Waals surface area contributed by atoms with Gasteiger partial charge in [-0.05, 0) is 24.8 Å². The molecule has 1 aromatic carbocycles. The standard InChI is InChI=1S/C20H25N3O5/c1-13-6-2-5-9-16(13)21-17(25)12-28-20(27)18-14-7-3-4-8-15(14)19(26)23(22-18)10-11-24/h3-4,7-8,13,16,24H,2,5-6,9-12H2,1H3,(H,21,25)/t13-,16-/m0/s1. The lowest BCUT2D eigenvalue weighted by atomic mass is 9.86. The highest BCUT2D eigenvalue weighted by atomic mass is 16.5. The first kappa shape index (κ1) is 20.0. The van der Waals surface area contributed by atoms with Crippen LogP contribution in [0.4, 0.5) is 0 Å². The van der Waals surface area contributed by atoms with E-state index in [1.165, 1.54) is 6.42 Å². The molecule has 0 aliphatic heterocycles. The Bertz CT molecular complexity index is 924. The van der Waals surface area contributed by atoms with Gasteiger partial charge < -0.3 is 15.2 Å². The van der Waals surface area contributed by atoms with Crippen molar-refractivity contribution in [3.8, 4) is 0 Å². The minimum absolute atomic E-state index is 0.0377. The summed E-state index contributed by atoms with van der Waals surface area (Å²) in [6.07, 6.45) is 4.26. The quantitative estimate of drug-likeness (QED) is 0.722. The van der Waals surface area contributed by atoms with Gasteiger partial charge >= 0.3 is 5.97 Å². The third-order valence-corrected chi connectivity index (χ3v) is 5.17. The highest BCUT2D eigenvalue weighted by Gasteiger charge is 2.24. The van der Waals surface area contributed by atoms with Crippen molar-refractivity contribution < 1.29 is 19.4 Å². The molecule has 0 bridgehead atoms. The normalized spacial score (nSPS) is 19.4. The predicted molar refractivity (Wildman–Crippen MR) is 103 cm³/mol. The fraction of sp³-hybridized carbons (Fsp3) is 0.500. The molecule has 1 aliphatic carbocycles. The molecule has 1 fully saturated rings. The van der Waals surface area contributed by atoms with Crippen molar-refractivity contribution in [2.24, 2.45) is 5.92 Å². The fourth-order valence-electron chi connectivity index (χ4n) is 3.61. The van der Waals surface area contributed by atoms with Crippen LogP contribution in [0.15, 0.2) is 29.1 Å². The van der Waals surface area contributed by atoms with Crippen molar-refractivity contribution in [3.05, 3.63) is 40.3 Å². The average Bonchev–Trinajstić information content (AvgIpc) is 2.70. The van der Waals surface area contributed by atoms with Crippen LogP contribution in [-0.2, 0) is 16.1 Å². The van der Waals surface area contributed by atoms with Crippen LogP contribution in [-0.4, -0.2) is 46.0 Å². The number of carbonyl (C=O) groups is 2.